The number of nitrogens with zero attached hydrogens (tertiary/aromatic N) is 2. The first-order valence-corrected chi connectivity index (χ1v) is 10.5. The lowest BCUT2D eigenvalue weighted by atomic mass is 10.1. The second-order valence-corrected chi connectivity index (χ2v) is 8.52. The second kappa shape index (κ2) is 7.31. The van der Waals surface area contributed by atoms with Crippen LogP contribution < -0.4 is 5.32 Å². The van der Waals surface area contributed by atoms with Crippen LogP contribution in [0.15, 0.2) is 41.1 Å². The summed E-state index contributed by atoms with van der Waals surface area (Å²) in [5.41, 5.74) is 4.55. The van der Waals surface area contributed by atoms with Crippen LogP contribution in [0, 0.1) is 6.92 Å². The first-order valence-electron chi connectivity index (χ1n) is 8.73. The molecule has 0 aliphatic carbocycles. The van der Waals surface area contributed by atoms with Crippen LogP contribution >= 0.6 is 22.7 Å². The molecule has 1 amide bonds. The SMILES string of the molecule is Cc1ccc(-c2csc(NC(=O)C(C)N3CCc4sccc4C3)n2)cc1. The van der Waals surface area contributed by atoms with Crippen molar-refractivity contribution < 1.29 is 4.79 Å². The predicted octanol–water partition coefficient (Wildman–Crippen LogP) is 4.57. The summed E-state index contributed by atoms with van der Waals surface area (Å²) in [5.74, 6) is 0.00786. The van der Waals surface area contributed by atoms with Gasteiger partial charge in [-0.3, -0.25) is 9.69 Å². The lowest BCUT2D eigenvalue weighted by Gasteiger charge is -2.31. The van der Waals surface area contributed by atoms with Crippen molar-refractivity contribution in [2.75, 3.05) is 11.9 Å². The van der Waals surface area contributed by atoms with E-state index in [0.717, 1.165) is 30.8 Å². The molecular weight excluding hydrogens is 362 g/mol. The van der Waals surface area contributed by atoms with Gasteiger partial charge in [0.25, 0.3) is 0 Å². The first kappa shape index (κ1) is 17.4. The summed E-state index contributed by atoms with van der Waals surface area (Å²) in [5, 5.41) is 7.78. The number of hydrogen-bond acceptors (Lipinski definition) is 5. The van der Waals surface area contributed by atoms with Gasteiger partial charge in [-0.15, -0.1) is 22.7 Å². The fourth-order valence-electron chi connectivity index (χ4n) is 3.16. The summed E-state index contributed by atoms with van der Waals surface area (Å²) in [6.45, 7) is 5.81. The highest BCUT2D eigenvalue weighted by Crippen LogP contribution is 2.27. The Morgan fingerprint density at radius 1 is 1.23 bits per heavy atom. The summed E-state index contributed by atoms with van der Waals surface area (Å²) in [4.78, 5) is 20.9. The minimum absolute atomic E-state index is 0.00786. The lowest BCUT2D eigenvalue weighted by Crippen LogP contribution is -2.44. The minimum Gasteiger partial charge on any atom is -0.301 e. The average Bonchev–Trinajstić information content (AvgIpc) is 3.30. The Kier molecular flexibility index (Phi) is 4.89. The molecule has 4 rings (SSSR count). The van der Waals surface area contributed by atoms with Gasteiger partial charge in [-0.1, -0.05) is 29.8 Å². The van der Waals surface area contributed by atoms with E-state index in [9.17, 15) is 4.79 Å². The maximum Gasteiger partial charge on any atom is 0.243 e. The van der Waals surface area contributed by atoms with E-state index in [0.29, 0.717) is 5.13 Å². The van der Waals surface area contributed by atoms with Crippen LogP contribution in [0.5, 0.6) is 0 Å². The number of benzene rings is 1. The lowest BCUT2D eigenvalue weighted by molar-refractivity contribution is -0.121. The van der Waals surface area contributed by atoms with Crippen molar-refractivity contribution in [3.8, 4) is 11.3 Å². The molecule has 0 fully saturated rings. The van der Waals surface area contributed by atoms with Crippen LogP contribution in [0.1, 0.15) is 22.9 Å². The van der Waals surface area contributed by atoms with Crippen molar-refractivity contribution in [3.63, 3.8) is 0 Å². The van der Waals surface area contributed by atoms with Crippen LogP contribution in [0.3, 0.4) is 0 Å². The third-order valence-corrected chi connectivity index (χ3v) is 6.63. The molecule has 0 radical (unpaired) electrons. The van der Waals surface area contributed by atoms with Crippen molar-refractivity contribution in [1.82, 2.24) is 9.88 Å². The number of carbonyl (C=O) groups excluding carboxylic acids is 1. The normalized spacial score (nSPS) is 15.5. The van der Waals surface area contributed by atoms with E-state index in [1.807, 2.05) is 23.6 Å². The fraction of sp³-hybridized carbons (Fsp3) is 0.300. The summed E-state index contributed by atoms with van der Waals surface area (Å²) in [7, 11) is 0. The van der Waals surface area contributed by atoms with Crippen LogP contribution in [0.25, 0.3) is 11.3 Å². The van der Waals surface area contributed by atoms with E-state index in [-0.39, 0.29) is 11.9 Å². The number of aromatic nitrogens is 1. The van der Waals surface area contributed by atoms with Gasteiger partial charge in [0.1, 0.15) is 0 Å². The van der Waals surface area contributed by atoms with Crippen molar-refractivity contribution >= 4 is 33.7 Å². The van der Waals surface area contributed by atoms with Gasteiger partial charge >= 0.3 is 0 Å². The van der Waals surface area contributed by atoms with Crippen LogP contribution in [-0.2, 0) is 17.8 Å². The number of carbonyl (C=O) groups is 1. The number of aryl methyl sites for hydroxylation is 1. The number of amides is 1. The van der Waals surface area contributed by atoms with Crippen molar-refractivity contribution in [2.24, 2.45) is 0 Å². The largest absolute Gasteiger partial charge is 0.301 e. The van der Waals surface area contributed by atoms with Crippen molar-refractivity contribution in [1.29, 1.82) is 0 Å². The Balaban J connectivity index is 1.41. The van der Waals surface area contributed by atoms with Crippen molar-refractivity contribution in [2.45, 2.75) is 32.9 Å². The molecule has 1 unspecified atom stereocenters. The van der Waals surface area contributed by atoms with Gasteiger partial charge in [0, 0.05) is 28.9 Å². The predicted molar refractivity (Wildman–Crippen MR) is 109 cm³/mol. The number of nitrogens with one attached hydrogen (secondary N) is 1. The third-order valence-electron chi connectivity index (χ3n) is 4.85. The van der Waals surface area contributed by atoms with Gasteiger partial charge in [0.2, 0.25) is 5.91 Å². The van der Waals surface area contributed by atoms with Gasteiger partial charge in [-0.25, -0.2) is 4.98 Å². The molecular formula is C20H21N3OS2. The Hall–Kier alpha value is -2.02. The summed E-state index contributed by atoms with van der Waals surface area (Å²) in [6.07, 6.45) is 1.03. The Morgan fingerprint density at radius 3 is 2.85 bits per heavy atom. The zero-order valence-electron chi connectivity index (χ0n) is 14.9. The summed E-state index contributed by atoms with van der Waals surface area (Å²) >= 11 is 3.29. The molecule has 1 N–H and O–H groups in total. The number of thiophene rings is 1. The maximum atomic E-state index is 12.7. The molecule has 3 heterocycles. The molecule has 1 aromatic carbocycles. The van der Waals surface area contributed by atoms with Gasteiger partial charge < -0.3 is 5.32 Å². The standard InChI is InChI=1S/C20H21N3OS2/c1-13-3-5-15(6-4-13)17-12-26-20(21-17)22-19(24)14(2)23-9-7-18-16(11-23)8-10-25-18/h3-6,8,10,12,14H,7,9,11H2,1-2H3,(H,21,22,24). The smallest absolute Gasteiger partial charge is 0.243 e. The van der Waals surface area contributed by atoms with Crippen LogP contribution in [0.2, 0.25) is 0 Å². The molecule has 0 spiro atoms. The van der Waals surface area contributed by atoms with E-state index < -0.39 is 0 Å². The van der Waals surface area contributed by atoms with Gasteiger partial charge in [-0.05, 0) is 37.3 Å². The molecule has 1 aliphatic heterocycles. The number of rotatable bonds is 4. The summed E-state index contributed by atoms with van der Waals surface area (Å²) in [6, 6.07) is 10.3. The molecule has 26 heavy (non-hydrogen) atoms. The second-order valence-electron chi connectivity index (χ2n) is 6.66. The molecule has 3 aromatic rings. The first-order chi connectivity index (χ1) is 12.6. The highest BCUT2D eigenvalue weighted by Gasteiger charge is 2.26. The quantitative estimate of drug-likeness (QED) is 0.718. The van der Waals surface area contributed by atoms with E-state index in [1.165, 1.54) is 27.3 Å². The van der Waals surface area contributed by atoms with Crippen LogP contribution in [0.4, 0.5) is 5.13 Å². The molecule has 0 bridgehead atoms. The monoisotopic (exact) mass is 383 g/mol. The number of anilines is 1. The van der Waals surface area contributed by atoms with Gasteiger partial charge in [-0.2, -0.15) is 0 Å². The van der Waals surface area contributed by atoms with Gasteiger partial charge in [0.05, 0.1) is 11.7 Å². The van der Waals surface area contributed by atoms with E-state index in [2.05, 4.69) is 57.8 Å². The molecule has 6 heteroatoms. The molecule has 134 valence electrons. The molecule has 0 saturated carbocycles. The maximum absolute atomic E-state index is 12.7. The zero-order valence-corrected chi connectivity index (χ0v) is 16.5. The zero-order chi connectivity index (χ0) is 18.1. The average molecular weight is 384 g/mol. The highest BCUT2D eigenvalue weighted by molar-refractivity contribution is 7.14. The van der Waals surface area contributed by atoms with Crippen molar-refractivity contribution in [3.05, 3.63) is 57.1 Å². The summed E-state index contributed by atoms with van der Waals surface area (Å²) < 4.78 is 0. The number of fused-ring (bicyclic) bond motifs is 1. The Morgan fingerprint density at radius 2 is 2.04 bits per heavy atom. The topological polar surface area (TPSA) is 45.2 Å². The Labute approximate surface area is 161 Å². The van der Waals surface area contributed by atoms with E-state index in [4.69, 9.17) is 0 Å². The molecule has 1 atom stereocenters. The van der Waals surface area contributed by atoms with E-state index >= 15 is 0 Å². The third kappa shape index (κ3) is 3.58. The molecule has 4 nitrogen and oxygen atoms in total. The van der Waals surface area contributed by atoms with E-state index in [1.54, 1.807) is 0 Å². The molecule has 2 aromatic heterocycles. The fourth-order valence-corrected chi connectivity index (χ4v) is 4.78. The minimum atomic E-state index is -0.172. The van der Waals surface area contributed by atoms with Gasteiger partial charge in [0.15, 0.2) is 5.13 Å². The molecule has 0 saturated heterocycles. The molecule has 1 aliphatic rings. The van der Waals surface area contributed by atoms with Crippen LogP contribution in [-0.4, -0.2) is 28.4 Å². The Bertz CT molecular complexity index is 913. The number of thiazole rings is 1. The number of hydrogen-bond donors (Lipinski definition) is 1. The highest BCUT2D eigenvalue weighted by atomic mass is 32.1.